The molecular formula is C15H12N3O6-. The van der Waals surface area contributed by atoms with E-state index in [1.54, 1.807) is 25.1 Å². The molecule has 24 heavy (non-hydrogen) atoms. The number of hydrogen-bond acceptors (Lipinski definition) is 6. The standard InChI is InChI=1S/C15H13N3O6/c1-8-3-4-12(9(2)5-8)16-15(20)11-6-10(17(21)22)7-13(14(11)19)18(23)24/h3-7,19H,1-2H3,(H,16,20)/p-1. The Morgan fingerprint density at radius 1 is 1.04 bits per heavy atom. The number of carbonyl (C=O) groups is 1. The van der Waals surface area contributed by atoms with Crippen LogP contribution >= 0.6 is 0 Å². The Morgan fingerprint density at radius 3 is 2.25 bits per heavy atom. The molecule has 0 spiro atoms. The summed E-state index contributed by atoms with van der Waals surface area (Å²) >= 11 is 0. The highest BCUT2D eigenvalue weighted by Gasteiger charge is 2.22. The van der Waals surface area contributed by atoms with Crippen molar-refractivity contribution in [3.8, 4) is 5.75 Å². The molecule has 0 atom stereocenters. The van der Waals surface area contributed by atoms with Crippen molar-refractivity contribution in [3.05, 3.63) is 67.3 Å². The van der Waals surface area contributed by atoms with Gasteiger partial charge in [0.05, 0.1) is 15.9 Å². The molecule has 0 aliphatic carbocycles. The maximum atomic E-state index is 12.3. The number of amides is 1. The Hall–Kier alpha value is -3.49. The number of nitrogens with one attached hydrogen (secondary N) is 1. The fraction of sp³-hybridized carbons (Fsp3) is 0.133. The van der Waals surface area contributed by atoms with Crippen LogP contribution in [0.4, 0.5) is 17.1 Å². The third-order valence-corrected chi connectivity index (χ3v) is 3.34. The van der Waals surface area contributed by atoms with E-state index < -0.39 is 38.4 Å². The van der Waals surface area contributed by atoms with Gasteiger partial charge >= 0.3 is 0 Å². The van der Waals surface area contributed by atoms with Gasteiger partial charge in [0.15, 0.2) is 0 Å². The number of hydrogen-bond donors (Lipinski definition) is 1. The van der Waals surface area contributed by atoms with Gasteiger partial charge in [0.25, 0.3) is 17.3 Å². The molecule has 0 heterocycles. The predicted octanol–water partition coefficient (Wildman–Crippen LogP) is 2.45. The lowest BCUT2D eigenvalue weighted by atomic mass is 10.1. The Morgan fingerprint density at radius 2 is 1.71 bits per heavy atom. The van der Waals surface area contributed by atoms with Crippen LogP contribution in [-0.2, 0) is 0 Å². The van der Waals surface area contributed by atoms with Crippen LogP contribution in [0.1, 0.15) is 21.5 Å². The van der Waals surface area contributed by atoms with E-state index in [0.29, 0.717) is 11.8 Å². The minimum Gasteiger partial charge on any atom is -0.867 e. The molecule has 0 fully saturated rings. The fourth-order valence-corrected chi connectivity index (χ4v) is 2.15. The molecule has 9 nitrogen and oxygen atoms in total. The highest BCUT2D eigenvalue weighted by atomic mass is 16.6. The minimum absolute atomic E-state index is 0.402. The summed E-state index contributed by atoms with van der Waals surface area (Å²) in [5.74, 6) is -2.12. The first-order chi connectivity index (χ1) is 11.2. The van der Waals surface area contributed by atoms with E-state index in [0.717, 1.165) is 17.2 Å². The van der Waals surface area contributed by atoms with Crippen molar-refractivity contribution in [2.75, 3.05) is 5.32 Å². The normalized spacial score (nSPS) is 10.2. The molecule has 1 N–H and O–H groups in total. The molecule has 0 saturated carbocycles. The van der Waals surface area contributed by atoms with Gasteiger partial charge in [-0.15, -0.1) is 0 Å². The number of rotatable bonds is 4. The van der Waals surface area contributed by atoms with Gasteiger partial charge in [-0.25, -0.2) is 0 Å². The van der Waals surface area contributed by atoms with E-state index in [9.17, 15) is 30.1 Å². The minimum atomic E-state index is -1.17. The molecule has 2 aromatic rings. The number of aryl methyl sites for hydroxylation is 2. The Balaban J connectivity index is 2.48. The first-order valence-corrected chi connectivity index (χ1v) is 6.73. The predicted molar refractivity (Wildman–Crippen MR) is 83.1 cm³/mol. The summed E-state index contributed by atoms with van der Waals surface area (Å²) < 4.78 is 0. The first kappa shape index (κ1) is 16.9. The Bertz CT molecular complexity index is 863. The third-order valence-electron chi connectivity index (χ3n) is 3.34. The van der Waals surface area contributed by atoms with Crippen LogP contribution in [0.25, 0.3) is 0 Å². The quantitative estimate of drug-likeness (QED) is 0.674. The molecule has 9 heteroatoms. The average Bonchev–Trinajstić information content (AvgIpc) is 2.49. The Kier molecular flexibility index (Phi) is 4.45. The first-order valence-electron chi connectivity index (χ1n) is 6.73. The number of carbonyl (C=O) groups excluding carboxylic acids is 1. The van der Waals surface area contributed by atoms with Gasteiger partial charge in [0.1, 0.15) is 0 Å². The summed E-state index contributed by atoms with van der Waals surface area (Å²) in [4.78, 5) is 32.0. The molecule has 0 bridgehead atoms. The van der Waals surface area contributed by atoms with Crippen molar-refractivity contribution in [2.24, 2.45) is 0 Å². The lowest BCUT2D eigenvalue weighted by molar-refractivity contribution is -0.403. The van der Waals surface area contributed by atoms with Crippen LogP contribution in [0.5, 0.6) is 5.75 Å². The molecular weight excluding hydrogens is 318 g/mol. The maximum absolute atomic E-state index is 12.3. The topological polar surface area (TPSA) is 138 Å². The third kappa shape index (κ3) is 3.29. The number of non-ortho nitro benzene ring substituents is 1. The number of benzene rings is 2. The van der Waals surface area contributed by atoms with Gasteiger partial charge in [-0.2, -0.15) is 0 Å². The zero-order valence-corrected chi connectivity index (χ0v) is 12.7. The SMILES string of the molecule is Cc1ccc(NC(=O)c2cc([N+](=O)[O-])cc([N+](=O)[O-])c2[O-])c(C)c1. The van der Waals surface area contributed by atoms with Crippen LogP contribution < -0.4 is 10.4 Å². The van der Waals surface area contributed by atoms with E-state index >= 15 is 0 Å². The van der Waals surface area contributed by atoms with Crippen LogP contribution in [0.15, 0.2) is 30.3 Å². The summed E-state index contributed by atoms with van der Waals surface area (Å²) in [6.07, 6.45) is 0. The summed E-state index contributed by atoms with van der Waals surface area (Å²) in [6.45, 7) is 3.59. The summed E-state index contributed by atoms with van der Waals surface area (Å²) in [5, 5.41) is 36.2. The van der Waals surface area contributed by atoms with Crippen molar-refractivity contribution in [3.63, 3.8) is 0 Å². The number of nitrogens with zero attached hydrogens (tertiary/aromatic N) is 2. The monoisotopic (exact) mass is 330 g/mol. The molecule has 2 rings (SSSR count). The zero-order chi connectivity index (χ0) is 18.0. The van der Waals surface area contributed by atoms with Crippen molar-refractivity contribution in [1.29, 1.82) is 0 Å². The lowest BCUT2D eigenvalue weighted by Gasteiger charge is -2.14. The Labute approximate surface area is 135 Å². The second-order valence-corrected chi connectivity index (χ2v) is 5.13. The van der Waals surface area contributed by atoms with Crippen molar-refractivity contribution < 1.29 is 19.7 Å². The van der Waals surface area contributed by atoms with Gasteiger partial charge < -0.3 is 10.4 Å². The van der Waals surface area contributed by atoms with Gasteiger partial charge in [-0.05, 0) is 31.2 Å². The van der Waals surface area contributed by atoms with Gasteiger partial charge in [0.2, 0.25) is 0 Å². The largest absolute Gasteiger partial charge is 0.867 e. The van der Waals surface area contributed by atoms with Crippen LogP contribution in [-0.4, -0.2) is 15.8 Å². The number of nitro benzene ring substituents is 2. The van der Waals surface area contributed by atoms with Crippen LogP contribution in [0.3, 0.4) is 0 Å². The van der Waals surface area contributed by atoms with Crippen molar-refractivity contribution in [1.82, 2.24) is 0 Å². The lowest BCUT2D eigenvalue weighted by Crippen LogP contribution is -2.16. The smallest absolute Gasteiger partial charge is 0.277 e. The van der Waals surface area contributed by atoms with Crippen molar-refractivity contribution >= 4 is 23.0 Å². The van der Waals surface area contributed by atoms with E-state index in [4.69, 9.17) is 0 Å². The van der Waals surface area contributed by atoms with Crippen LogP contribution in [0.2, 0.25) is 0 Å². The van der Waals surface area contributed by atoms with Crippen molar-refractivity contribution in [2.45, 2.75) is 13.8 Å². The molecule has 0 aliphatic heterocycles. The van der Waals surface area contributed by atoms with E-state index in [-0.39, 0.29) is 0 Å². The van der Waals surface area contributed by atoms with Crippen LogP contribution in [0, 0.1) is 34.1 Å². The zero-order valence-electron chi connectivity index (χ0n) is 12.7. The molecule has 0 aliphatic rings. The molecule has 0 radical (unpaired) electrons. The van der Waals surface area contributed by atoms with Gasteiger partial charge in [0, 0.05) is 17.3 Å². The number of nitro groups is 2. The average molecular weight is 330 g/mol. The van der Waals surface area contributed by atoms with Gasteiger partial charge in [-0.1, -0.05) is 17.7 Å². The molecule has 124 valence electrons. The summed E-state index contributed by atoms with van der Waals surface area (Å²) in [6, 6.07) is 6.41. The van der Waals surface area contributed by atoms with E-state index in [1.165, 1.54) is 0 Å². The molecule has 2 aromatic carbocycles. The van der Waals surface area contributed by atoms with E-state index in [1.807, 2.05) is 6.92 Å². The second kappa shape index (κ2) is 6.32. The second-order valence-electron chi connectivity index (χ2n) is 5.13. The molecule has 0 aromatic heterocycles. The summed E-state index contributed by atoms with van der Waals surface area (Å²) in [5.41, 5.74) is -0.297. The molecule has 0 saturated heterocycles. The maximum Gasteiger partial charge on any atom is 0.277 e. The van der Waals surface area contributed by atoms with E-state index in [2.05, 4.69) is 5.32 Å². The molecule has 0 unspecified atom stereocenters. The summed E-state index contributed by atoms with van der Waals surface area (Å²) in [7, 11) is 0. The highest BCUT2D eigenvalue weighted by molar-refractivity contribution is 6.07. The highest BCUT2D eigenvalue weighted by Crippen LogP contribution is 2.32. The fourth-order valence-electron chi connectivity index (χ4n) is 2.15. The van der Waals surface area contributed by atoms with Gasteiger partial charge in [-0.3, -0.25) is 25.0 Å². The number of anilines is 1. The molecule has 1 amide bonds.